The van der Waals surface area contributed by atoms with Gasteiger partial charge in [-0.05, 0) is 12.8 Å². The molecular formula is C13H21NO2. The Morgan fingerprint density at radius 2 is 1.56 bits per heavy atom. The molecule has 1 aliphatic carbocycles. The van der Waals surface area contributed by atoms with Crippen molar-refractivity contribution in [2.45, 2.75) is 51.9 Å². The number of amides is 2. The molecule has 3 nitrogen and oxygen atoms in total. The molecule has 2 atom stereocenters. The predicted molar refractivity (Wildman–Crippen MR) is 61.7 cm³/mol. The van der Waals surface area contributed by atoms with Gasteiger partial charge in [0, 0.05) is 6.54 Å². The van der Waals surface area contributed by atoms with Crippen LogP contribution in [0.2, 0.25) is 0 Å². The van der Waals surface area contributed by atoms with Crippen molar-refractivity contribution in [3.8, 4) is 0 Å². The van der Waals surface area contributed by atoms with Gasteiger partial charge in [-0.15, -0.1) is 0 Å². The molecule has 0 aromatic rings. The van der Waals surface area contributed by atoms with Crippen LogP contribution in [0.5, 0.6) is 0 Å². The van der Waals surface area contributed by atoms with Crippen LogP contribution in [0.25, 0.3) is 0 Å². The maximum Gasteiger partial charge on any atom is 0.233 e. The minimum Gasteiger partial charge on any atom is -0.282 e. The molecule has 1 heterocycles. The van der Waals surface area contributed by atoms with E-state index < -0.39 is 0 Å². The number of fused-ring (bicyclic) bond motifs is 1. The molecule has 1 saturated heterocycles. The summed E-state index contributed by atoms with van der Waals surface area (Å²) < 4.78 is 0. The monoisotopic (exact) mass is 223 g/mol. The van der Waals surface area contributed by atoms with E-state index in [4.69, 9.17) is 0 Å². The highest BCUT2D eigenvalue weighted by molar-refractivity contribution is 6.08. The SMILES string of the molecule is CCCCCCCCN1C(=O)[C@H]2C[C@@H]2C1=O. The zero-order valence-electron chi connectivity index (χ0n) is 10.1. The minimum atomic E-state index is 0.0765. The van der Waals surface area contributed by atoms with Gasteiger partial charge in [-0.25, -0.2) is 0 Å². The van der Waals surface area contributed by atoms with Crippen molar-refractivity contribution in [3.63, 3.8) is 0 Å². The number of unbranched alkanes of at least 4 members (excludes halogenated alkanes) is 5. The van der Waals surface area contributed by atoms with Gasteiger partial charge in [0.15, 0.2) is 0 Å². The Labute approximate surface area is 97.2 Å². The van der Waals surface area contributed by atoms with Crippen LogP contribution in [0.3, 0.4) is 0 Å². The molecule has 2 amide bonds. The van der Waals surface area contributed by atoms with E-state index in [1.165, 1.54) is 30.6 Å². The van der Waals surface area contributed by atoms with Crippen molar-refractivity contribution in [2.75, 3.05) is 6.54 Å². The first-order valence-electron chi connectivity index (χ1n) is 6.61. The van der Waals surface area contributed by atoms with E-state index in [1.54, 1.807) is 0 Å². The van der Waals surface area contributed by atoms with E-state index in [2.05, 4.69) is 6.92 Å². The van der Waals surface area contributed by atoms with Gasteiger partial charge in [-0.2, -0.15) is 0 Å². The first-order valence-corrected chi connectivity index (χ1v) is 6.61. The molecule has 0 aromatic carbocycles. The van der Waals surface area contributed by atoms with E-state index in [-0.39, 0.29) is 23.7 Å². The summed E-state index contributed by atoms with van der Waals surface area (Å²) in [6.07, 6.45) is 8.02. The lowest BCUT2D eigenvalue weighted by molar-refractivity contribution is -0.141. The number of likely N-dealkylation sites (tertiary alicyclic amines) is 1. The summed E-state index contributed by atoms with van der Waals surface area (Å²) in [5.41, 5.74) is 0. The van der Waals surface area contributed by atoms with Crippen LogP contribution in [-0.4, -0.2) is 23.3 Å². The molecule has 1 aliphatic heterocycles. The second-order valence-electron chi connectivity index (χ2n) is 5.04. The Bertz CT molecular complexity index is 268. The fourth-order valence-electron chi connectivity index (χ4n) is 2.52. The summed E-state index contributed by atoms with van der Waals surface area (Å²) >= 11 is 0. The van der Waals surface area contributed by atoms with Crippen LogP contribution in [-0.2, 0) is 9.59 Å². The van der Waals surface area contributed by atoms with Gasteiger partial charge < -0.3 is 0 Å². The Hall–Kier alpha value is -0.860. The molecule has 2 fully saturated rings. The number of carbonyl (C=O) groups excluding carboxylic acids is 2. The molecule has 0 unspecified atom stereocenters. The zero-order chi connectivity index (χ0) is 11.5. The van der Waals surface area contributed by atoms with Crippen molar-refractivity contribution in [1.29, 1.82) is 0 Å². The largest absolute Gasteiger partial charge is 0.282 e. The molecule has 2 aliphatic rings. The highest BCUT2D eigenvalue weighted by atomic mass is 16.2. The van der Waals surface area contributed by atoms with Gasteiger partial charge in [0.05, 0.1) is 11.8 Å². The summed E-state index contributed by atoms with van der Waals surface area (Å²) in [5.74, 6) is 0.354. The summed E-state index contributed by atoms with van der Waals surface area (Å²) in [6, 6.07) is 0. The lowest BCUT2D eigenvalue weighted by atomic mass is 10.1. The van der Waals surface area contributed by atoms with Crippen molar-refractivity contribution < 1.29 is 9.59 Å². The standard InChI is InChI=1S/C13H21NO2/c1-2-3-4-5-6-7-8-14-12(15)10-9-11(10)13(14)16/h10-11H,2-9H2,1H3/t10-,11-/m0/s1. The van der Waals surface area contributed by atoms with Crippen LogP contribution < -0.4 is 0 Å². The third-order valence-corrected chi connectivity index (χ3v) is 3.69. The fourth-order valence-corrected chi connectivity index (χ4v) is 2.52. The third-order valence-electron chi connectivity index (χ3n) is 3.69. The molecule has 1 saturated carbocycles. The van der Waals surface area contributed by atoms with Crippen LogP contribution in [0, 0.1) is 11.8 Å². The Balaban J connectivity index is 1.60. The van der Waals surface area contributed by atoms with Gasteiger partial charge >= 0.3 is 0 Å². The highest BCUT2D eigenvalue weighted by Crippen LogP contribution is 2.46. The Kier molecular flexibility index (Phi) is 3.62. The van der Waals surface area contributed by atoms with Crippen molar-refractivity contribution in [2.24, 2.45) is 11.8 Å². The molecule has 0 N–H and O–H groups in total. The average Bonchev–Trinajstić information content (AvgIpc) is 3.02. The van der Waals surface area contributed by atoms with E-state index in [9.17, 15) is 9.59 Å². The van der Waals surface area contributed by atoms with Crippen molar-refractivity contribution in [1.82, 2.24) is 4.90 Å². The topological polar surface area (TPSA) is 37.4 Å². The number of hydrogen-bond acceptors (Lipinski definition) is 2. The summed E-state index contributed by atoms with van der Waals surface area (Å²) in [5, 5.41) is 0. The molecule has 0 spiro atoms. The number of hydrogen-bond donors (Lipinski definition) is 0. The van der Waals surface area contributed by atoms with Crippen LogP contribution in [0.15, 0.2) is 0 Å². The second kappa shape index (κ2) is 4.98. The molecule has 3 heteroatoms. The smallest absolute Gasteiger partial charge is 0.233 e. The number of imide groups is 1. The molecule has 0 aromatic heterocycles. The first-order chi connectivity index (χ1) is 7.75. The Morgan fingerprint density at radius 3 is 2.19 bits per heavy atom. The van der Waals surface area contributed by atoms with E-state index in [0.717, 1.165) is 19.3 Å². The van der Waals surface area contributed by atoms with Gasteiger partial charge in [0.1, 0.15) is 0 Å². The van der Waals surface area contributed by atoms with Gasteiger partial charge in [0.2, 0.25) is 11.8 Å². The highest BCUT2D eigenvalue weighted by Gasteiger charge is 2.58. The molecule has 0 bridgehead atoms. The second-order valence-corrected chi connectivity index (χ2v) is 5.04. The molecular weight excluding hydrogens is 202 g/mol. The maximum atomic E-state index is 11.6. The van der Waals surface area contributed by atoms with Crippen LogP contribution in [0.1, 0.15) is 51.9 Å². The zero-order valence-corrected chi connectivity index (χ0v) is 10.1. The fraction of sp³-hybridized carbons (Fsp3) is 0.846. The van der Waals surface area contributed by atoms with E-state index in [0.29, 0.717) is 6.54 Å². The summed E-state index contributed by atoms with van der Waals surface area (Å²) in [6.45, 7) is 2.87. The molecule has 90 valence electrons. The van der Waals surface area contributed by atoms with Gasteiger partial charge in [-0.1, -0.05) is 39.0 Å². The molecule has 2 rings (SSSR count). The number of piperidine rings is 1. The molecule has 16 heavy (non-hydrogen) atoms. The lowest BCUT2D eigenvalue weighted by Gasteiger charge is -2.15. The van der Waals surface area contributed by atoms with Crippen LogP contribution in [0.4, 0.5) is 0 Å². The number of nitrogens with zero attached hydrogens (tertiary/aromatic N) is 1. The van der Waals surface area contributed by atoms with Crippen LogP contribution >= 0.6 is 0 Å². The van der Waals surface area contributed by atoms with Crippen molar-refractivity contribution >= 4 is 11.8 Å². The Morgan fingerprint density at radius 1 is 1.00 bits per heavy atom. The van der Waals surface area contributed by atoms with Gasteiger partial charge in [-0.3, -0.25) is 14.5 Å². The van der Waals surface area contributed by atoms with Crippen molar-refractivity contribution in [3.05, 3.63) is 0 Å². The quantitative estimate of drug-likeness (QED) is 0.491. The maximum absolute atomic E-state index is 11.6. The molecule has 0 radical (unpaired) electrons. The van der Waals surface area contributed by atoms with E-state index >= 15 is 0 Å². The first kappa shape index (κ1) is 11.6. The van der Waals surface area contributed by atoms with Gasteiger partial charge in [0.25, 0.3) is 0 Å². The third kappa shape index (κ3) is 2.28. The van der Waals surface area contributed by atoms with E-state index in [1.807, 2.05) is 0 Å². The number of rotatable bonds is 7. The lowest BCUT2D eigenvalue weighted by Crippen LogP contribution is -2.33. The predicted octanol–water partition coefficient (Wildman–Crippen LogP) is 2.35. The summed E-state index contributed by atoms with van der Waals surface area (Å²) in [7, 11) is 0. The summed E-state index contributed by atoms with van der Waals surface area (Å²) in [4.78, 5) is 24.8. The minimum absolute atomic E-state index is 0.0765. The number of carbonyl (C=O) groups is 2. The average molecular weight is 223 g/mol. The normalized spacial score (nSPS) is 27.4.